The van der Waals surface area contributed by atoms with Gasteiger partial charge in [0.25, 0.3) is 0 Å². The molecule has 1 atom stereocenters. The highest BCUT2D eigenvalue weighted by Gasteiger charge is 2.21. The first kappa shape index (κ1) is 11.5. The number of aliphatic carboxylic acids is 1. The van der Waals surface area contributed by atoms with E-state index in [1.807, 2.05) is 0 Å². The van der Waals surface area contributed by atoms with Crippen molar-refractivity contribution in [1.82, 2.24) is 0 Å². The predicted octanol–water partition coefficient (Wildman–Crippen LogP) is 2.41. The SMILES string of the molecule is CCC(C(=O)O)c1ccc(OC)cc1F. The molecule has 82 valence electrons. The lowest BCUT2D eigenvalue weighted by molar-refractivity contribution is -0.138. The fourth-order valence-corrected chi connectivity index (χ4v) is 1.44. The summed E-state index contributed by atoms with van der Waals surface area (Å²) in [5.41, 5.74) is 0.200. The van der Waals surface area contributed by atoms with Gasteiger partial charge in [-0.2, -0.15) is 0 Å². The van der Waals surface area contributed by atoms with Gasteiger partial charge < -0.3 is 9.84 Å². The molecule has 0 fully saturated rings. The quantitative estimate of drug-likeness (QED) is 0.833. The van der Waals surface area contributed by atoms with Crippen LogP contribution in [0.15, 0.2) is 18.2 Å². The van der Waals surface area contributed by atoms with E-state index >= 15 is 0 Å². The summed E-state index contributed by atoms with van der Waals surface area (Å²) in [5.74, 6) is -1.96. The Kier molecular flexibility index (Phi) is 3.66. The van der Waals surface area contributed by atoms with Crippen molar-refractivity contribution < 1.29 is 19.0 Å². The van der Waals surface area contributed by atoms with Gasteiger partial charge in [0, 0.05) is 11.6 Å². The summed E-state index contributed by atoms with van der Waals surface area (Å²) in [6.45, 7) is 1.71. The first-order chi connectivity index (χ1) is 7.10. The molecule has 0 saturated heterocycles. The Bertz CT molecular complexity index is 363. The van der Waals surface area contributed by atoms with Gasteiger partial charge in [-0.05, 0) is 12.5 Å². The van der Waals surface area contributed by atoms with Crippen LogP contribution in [0.3, 0.4) is 0 Å². The van der Waals surface area contributed by atoms with E-state index < -0.39 is 17.7 Å². The van der Waals surface area contributed by atoms with E-state index in [0.29, 0.717) is 12.2 Å². The van der Waals surface area contributed by atoms with E-state index in [9.17, 15) is 9.18 Å². The lowest BCUT2D eigenvalue weighted by Gasteiger charge is -2.11. The fourth-order valence-electron chi connectivity index (χ4n) is 1.44. The van der Waals surface area contributed by atoms with Gasteiger partial charge in [0.15, 0.2) is 0 Å². The number of ether oxygens (including phenoxy) is 1. The molecule has 0 saturated carbocycles. The highest BCUT2D eigenvalue weighted by molar-refractivity contribution is 5.76. The molecule has 0 bridgehead atoms. The lowest BCUT2D eigenvalue weighted by atomic mass is 9.96. The molecule has 0 radical (unpaired) electrons. The van der Waals surface area contributed by atoms with Crippen LogP contribution < -0.4 is 4.74 Å². The molecule has 3 nitrogen and oxygen atoms in total. The van der Waals surface area contributed by atoms with Crippen molar-refractivity contribution in [3.63, 3.8) is 0 Å². The van der Waals surface area contributed by atoms with Gasteiger partial charge in [-0.25, -0.2) is 4.39 Å². The van der Waals surface area contributed by atoms with Crippen molar-refractivity contribution >= 4 is 5.97 Å². The van der Waals surface area contributed by atoms with Crippen molar-refractivity contribution in [2.24, 2.45) is 0 Å². The lowest BCUT2D eigenvalue weighted by Crippen LogP contribution is -2.12. The van der Waals surface area contributed by atoms with Gasteiger partial charge in [-0.15, -0.1) is 0 Å². The van der Waals surface area contributed by atoms with Crippen LogP contribution in [0.1, 0.15) is 24.8 Å². The summed E-state index contributed by atoms with van der Waals surface area (Å²) in [7, 11) is 1.43. The van der Waals surface area contributed by atoms with E-state index in [-0.39, 0.29) is 5.56 Å². The summed E-state index contributed by atoms with van der Waals surface area (Å²) in [4.78, 5) is 10.8. The smallest absolute Gasteiger partial charge is 0.311 e. The summed E-state index contributed by atoms with van der Waals surface area (Å²) in [6, 6.07) is 4.21. The zero-order chi connectivity index (χ0) is 11.4. The van der Waals surface area contributed by atoms with Crippen LogP contribution in [0.4, 0.5) is 4.39 Å². The van der Waals surface area contributed by atoms with E-state index in [0.717, 1.165) is 0 Å². The number of hydrogen-bond donors (Lipinski definition) is 1. The zero-order valence-electron chi connectivity index (χ0n) is 8.66. The number of carboxylic acid groups (broad SMARTS) is 1. The average molecular weight is 212 g/mol. The maximum absolute atomic E-state index is 13.5. The van der Waals surface area contributed by atoms with Gasteiger partial charge in [0.2, 0.25) is 0 Å². The molecule has 0 heterocycles. The first-order valence-electron chi connectivity index (χ1n) is 4.66. The molecule has 1 aromatic rings. The number of methoxy groups -OCH3 is 1. The summed E-state index contributed by atoms with van der Waals surface area (Å²) >= 11 is 0. The van der Waals surface area contributed by atoms with Crippen LogP contribution in [0.25, 0.3) is 0 Å². The highest BCUT2D eigenvalue weighted by Crippen LogP contribution is 2.25. The molecule has 0 aliphatic carbocycles. The second kappa shape index (κ2) is 4.77. The van der Waals surface area contributed by atoms with Crippen LogP contribution in [0, 0.1) is 5.82 Å². The van der Waals surface area contributed by atoms with Crippen molar-refractivity contribution in [3.05, 3.63) is 29.6 Å². The van der Waals surface area contributed by atoms with Crippen molar-refractivity contribution in [1.29, 1.82) is 0 Å². The van der Waals surface area contributed by atoms with Crippen LogP contribution in [0.2, 0.25) is 0 Å². The summed E-state index contributed by atoms with van der Waals surface area (Å²) in [5, 5.41) is 8.88. The Morgan fingerprint density at radius 2 is 2.27 bits per heavy atom. The van der Waals surface area contributed by atoms with Gasteiger partial charge in [-0.1, -0.05) is 13.0 Å². The van der Waals surface area contributed by atoms with Gasteiger partial charge >= 0.3 is 5.97 Å². The number of rotatable bonds is 4. The molecule has 1 rings (SSSR count). The van der Waals surface area contributed by atoms with Crippen LogP contribution in [0.5, 0.6) is 5.75 Å². The Labute approximate surface area is 87.5 Å². The maximum atomic E-state index is 13.5. The third-order valence-electron chi connectivity index (χ3n) is 2.29. The minimum absolute atomic E-state index is 0.200. The first-order valence-corrected chi connectivity index (χ1v) is 4.66. The van der Waals surface area contributed by atoms with Crippen LogP contribution in [-0.4, -0.2) is 18.2 Å². The fraction of sp³-hybridized carbons (Fsp3) is 0.364. The van der Waals surface area contributed by atoms with Crippen molar-refractivity contribution in [2.45, 2.75) is 19.3 Å². The Morgan fingerprint density at radius 1 is 1.60 bits per heavy atom. The van der Waals surface area contributed by atoms with E-state index in [4.69, 9.17) is 9.84 Å². The molecule has 1 unspecified atom stereocenters. The Balaban J connectivity index is 3.08. The third kappa shape index (κ3) is 2.46. The highest BCUT2D eigenvalue weighted by atomic mass is 19.1. The normalized spacial score (nSPS) is 12.2. The average Bonchev–Trinajstić information content (AvgIpc) is 2.20. The van der Waals surface area contributed by atoms with Crippen LogP contribution >= 0.6 is 0 Å². The Morgan fingerprint density at radius 3 is 2.67 bits per heavy atom. The topological polar surface area (TPSA) is 46.5 Å². The molecule has 0 aromatic heterocycles. The largest absolute Gasteiger partial charge is 0.497 e. The monoisotopic (exact) mass is 212 g/mol. The molecule has 0 spiro atoms. The van der Waals surface area contributed by atoms with Crippen molar-refractivity contribution in [2.75, 3.05) is 7.11 Å². The van der Waals surface area contributed by atoms with E-state index in [2.05, 4.69) is 0 Å². The maximum Gasteiger partial charge on any atom is 0.311 e. The second-order valence-corrected chi connectivity index (χ2v) is 3.19. The van der Waals surface area contributed by atoms with Gasteiger partial charge in [-0.3, -0.25) is 4.79 Å². The molecule has 0 aliphatic rings. The minimum atomic E-state index is -1.01. The van der Waals surface area contributed by atoms with E-state index in [1.54, 1.807) is 13.0 Å². The molecule has 15 heavy (non-hydrogen) atoms. The summed E-state index contributed by atoms with van der Waals surface area (Å²) in [6.07, 6.45) is 0.360. The predicted molar refractivity (Wildman–Crippen MR) is 53.6 cm³/mol. The van der Waals surface area contributed by atoms with Gasteiger partial charge in [0.05, 0.1) is 13.0 Å². The molecule has 0 amide bonds. The number of benzene rings is 1. The number of halogens is 1. The molecule has 1 N–H and O–H groups in total. The molecular formula is C11H13FO3. The Hall–Kier alpha value is -1.58. The standard InChI is InChI=1S/C11H13FO3/c1-3-8(11(13)14)9-5-4-7(15-2)6-10(9)12/h4-6,8H,3H2,1-2H3,(H,13,14). The number of carbonyl (C=O) groups is 1. The van der Waals surface area contributed by atoms with Crippen LogP contribution in [-0.2, 0) is 4.79 Å². The second-order valence-electron chi connectivity index (χ2n) is 3.19. The van der Waals surface area contributed by atoms with Gasteiger partial charge in [0.1, 0.15) is 11.6 Å². The molecule has 0 aliphatic heterocycles. The zero-order valence-corrected chi connectivity index (χ0v) is 8.66. The van der Waals surface area contributed by atoms with Crippen molar-refractivity contribution in [3.8, 4) is 5.75 Å². The molecular weight excluding hydrogens is 199 g/mol. The molecule has 4 heteroatoms. The summed E-state index contributed by atoms with van der Waals surface area (Å²) < 4.78 is 18.3. The van der Waals surface area contributed by atoms with E-state index in [1.165, 1.54) is 19.2 Å². The number of hydrogen-bond acceptors (Lipinski definition) is 2. The third-order valence-corrected chi connectivity index (χ3v) is 2.29. The molecule has 1 aromatic carbocycles. The minimum Gasteiger partial charge on any atom is -0.497 e. The number of carboxylic acids is 1.